The number of fused-ring (bicyclic) bond motifs is 1. The zero-order valence-corrected chi connectivity index (χ0v) is 28.9. The number of ether oxygens (including phenoxy) is 4. The predicted molar refractivity (Wildman–Crippen MR) is 197 cm³/mol. The molecule has 250 valence electrons. The second-order valence-corrected chi connectivity index (χ2v) is 14.3. The lowest BCUT2D eigenvalue weighted by Gasteiger charge is -2.15. The number of nitrogens with zero attached hydrogens (tertiary/aromatic N) is 1. The lowest BCUT2D eigenvalue weighted by Crippen LogP contribution is -2.25. The highest BCUT2D eigenvalue weighted by atomic mass is 32.1. The van der Waals surface area contributed by atoms with Crippen molar-refractivity contribution in [2.75, 3.05) is 40.0 Å². The molecule has 1 aliphatic carbocycles. The molecule has 4 aromatic carbocycles. The fraction of sp³-hybridized carbons (Fsp3) is 0.381. The van der Waals surface area contributed by atoms with E-state index < -0.39 is 0 Å². The minimum absolute atomic E-state index is 0.547. The summed E-state index contributed by atoms with van der Waals surface area (Å²) in [5.74, 6) is 4.24. The molecule has 5 aromatic rings. The first-order valence-electron chi connectivity index (χ1n) is 17.7. The molecule has 2 aliphatic rings. The third-order valence-corrected chi connectivity index (χ3v) is 11.1. The van der Waals surface area contributed by atoms with Crippen LogP contribution >= 0.6 is 11.3 Å². The molecule has 0 N–H and O–H groups in total. The minimum Gasteiger partial charge on any atom is -0.493 e. The van der Waals surface area contributed by atoms with E-state index >= 15 is 0 Å². The SMILES string of the molecule is COc1cc(Cc2c(-c3ccc(OCCN4CCCC4)cc3)sc3cc(OCc4ccccc4)ccc23)ccc1OCCC1CCCC1. The van der Waals surface area contributed by atoms with E-state index in [1.165, 1.54) is 83.3 Å². The zero-order valence-electron chi connectivity index (χ0n) is 28.1. The number of methoxy groups -OCH3 is 1. The van der Waals surface area contributed by atoms with E-state index in [4.69, 9.17) is 18.9 Å². The number of benzene rings is 4. The Balaban J connectivity index is 1.12. The Morgan fingerprint density at radius 2 is 1.50 bits per heavy atom. The van der Waals surface area contributed by atoms with Crippen molar-refractivity contribution in [1.29, 1.82) is 0 Å². The van der Waals surface area contributed by atoms with E-state index in [0.717, 1.165) is 67.1 Å². The van der Waals surface area contributed by atoms with Crippen LogP contribution in [0.15, 0.2) is 91.0 Å². The smallest absolute Gasteiger partial charge is 0.161 e. The normalized spacial score (nSPS) is 15.3. The maximum Gasteiger partial charge on any atom is 0.161 e. The maximum absolute atomic E-state index is 6.23. The van der Waals surface area contributed by atoms with Crippen molar-refractivity contribution in [3.63, 3.8) is 0 Å². The van der Waals surface area contributed by atoms with Crippen molar-refractivity contribution in [3.8, 4) is 33.4 Å². The van der Waals surface area contributed by atoms with Crippen LogP contribution in [0.4, 0.5) is 0 Å². The van der Waals surface area contributed by atoms with Crippen molar-refractivity contribution in [1.82, 2.24) is 4.90 Å². The molecule has 1 aliphatic heterocycles. The van der Waals surface area contributed by atoms with Gasteiger partial charge in [0.1, 0.15) is 24.7 Å². The van der Waals surface area contributed by atoms with Crippen molar-refractivity contribution >= 4 is 21.4 Å². The number of hydrogen-bond donors (Lipinski definition) is 0. The fourth-order valence-electron chi connectivity index (χ4n) is 7.15. The van der Waals surface area contributed by atoms with Gasteiger partial charge in [-0.2, -0.15) is 0 Å². The number of hydrogen-bond acceptors (Lipinski definition) is 6. The highest BCUT2D eigenvalue weighted by Gasteiger charge is 2.18. The monoisotopic (exact) mass is 661 g/mol. The van der Waals surface area contributed by atoms with Crippen LogP contribution in [0.3, 0.4) is 0 Å². The maximum atomic E-state index is 6.23. The molecule has 5 nitrogen and oxygen atoms in total. The molecule has 2 heterocycles. The molecule has 1 saturated carbocycles. The lowest BCUT2D eigenvalue weighted by molar-refractivity contribution is 0.238. The van der Waals surface area contributed by atoms with Crippen LogP contribution in [-0.4, -0.2) is 44.9 Å². The summed E-state index contributed by atoms with van der Waals surface area (Å²) < 4.78 is 25.6. The summed E-state index contributed by atoms with van der Waals surface area (Å²) in [7, 11) is 1.74. The lowest BCUT2D eigenvalue weighted by atomic mass is 9.98. The highest BCUT2D eigenvalue weighted by molar-refractivity contribution is 7.22. The molecule has 0 unspecified atom stereocenters. The molecule has 0 bridgehead atoms. The Bertz CT molecular complexity index is 1750. The van der Waals surface area contributed by atoms with E-state index in [0.29, 0.717) is 6.61 Å². The van der Waals surface area contributed by atoms with Crippen molar-refractivity contribution in [3.05, 3.63) is 108 Å². The van der Waals surface area contributed by atoms with Gasteiger partial charge in [-0.3, -0.25) is 4.90 Å². The Hall–Kier alpha value is -4.00. The van der Waals surface area contributed by atoms with Crippen LogP contribution in [0.25, 0.3) is 20.5 Å². The van der Waals surface area contributed by atoms with Crippen LogP contribution in [0, 0.1) is 5.92 Å². The molecular weight excluding hydrogens is 615 g/mol. The van der Waals surface area contributed by atoms with Gasteiger partial charge in [0, 0.05) is 16.1 Å². The van der Waals surface area contributed by atoms with E-state index in [2.05, 4.69) is 77.7 Å². The first-order valence-corrected chi connectivity index (χ1v) is 18.5. The molecular formula is C42H47NO4S. The molecule has 0 radical (unpaired) electrons. The topological polar surface area (TPSA) is 40.2 Å². The van der Waals surface area contributed by atoms with Crippen molar-refractivity contribution in [2.24, 2.45) is 5.92 Å². The summed E-state index contributed by atoms with van der Waals surface area (Å²) >= 11 is 1.83. The Kier molecular flexibility index (Phi) is 10.8. The van der Waals surface area contributed by atoms with Gasteiger partial charge in [-0.1, -0.05) is 62.1 Å². The average Bonchev–Trinajstić information content (AvgIpc) is 3.91. The Morgan fingerprint density at radius 1 is 0.708 bits per heavy atom. The van der Waals surface area contributed by atoms with Gasteiger partial charge in [0.15, 0.2) is 11.5 Å². The molecule has 0 amide bonds. The van der Waals surface area contributed by atoms with E-state index in [1.54, 1.807) is 7.11 Å². The molecule has 1 aromatic heterocycles. The van der Waals surface area contributed by atoms with Crippen LogP contribution in [-0.2, 0) is 13.0 Å². The van der Waals surface area contributed by atoms with Gasteiger partial charge in [-0.05, 0) is 127 Å². The van der Waals surface area contributed by atoms with Crippen LogP contribution in [0.2, 0.25) is 0 Å². The molecule has 2 fully saturated rings. The van der Waals surface area contributed by atoms with E-state index in [1.807, 2.05) is 29.5 Å². The van der Waals surface area contributed by atoms with Crippen molar-refractivity contribution < 1.29 is 18.9 Å². The van der Waals surface area contributed by atoms with Gasteiger partial charge in [0.2, 0.25) is 0 Å². The van der Waals surface area contributed by atoms with Gasteiger partial charge < -0.3 is 18.9 Å². The first kappa shape index (κ1) is 32.5. The quantitative estimate of drug-likeness (QED) is 0.112. The molecule has 0 atom stereocenters. The van der Waals surface area contributed by atoms with Crippen molar-refractivity contribution in [2.45, 2.75) is 58.0 Å². The molecule has 7 rings (SSSR count). The molecule has 6 heteroatoms. The van der Waals surface area contributed by atoms with Crippen LogP contribution in [0.1, 0.15) is 61.6 Å². The second-order valence-electron chi connectivity index (χ2n) is 13.2. The van der Waals surface area contributed by atoms with E-state index in [9.17, 15) is 0 Å². The zero-order chi connectivity index (χ0) is 32.5. The van der Waals surface area contributed by atoms with Crippen LogP contribution in [0.5, 0.6) is 23.0 Å². The third-order valence-electron chi connectivity index (χ3n) is 9.87. The minimum atomic E-state index is 0.547. The summed E-state index contributed by atoms with van der Waals surface area (Å²) in [5, 5.41) is 1.25. The molecule has 1 saturated heterocycles. The van der Waals surface area contributed by atoms with Gasteiger partial charge in [-0.25, -0.2) is 0 Å². The largest absolute Gasteiger partial charge is 0.493 e. The standard InChI is InChI=1S/C42H47NO4S/c1-44-40-28-33(13-20-39(40)46-25-21-31-9-5-6-10-31)27-38-37-19-18-36(47-30-32-11-3-2-4-12-32)29-41(37)48-42(38)34-14-16-35(17-15-34)45-26-24-43-22-7-8-23-43/h2-4,11-20,28-29,31H,5-10,21-27,30H2,1H3. The number of likely N-dealkylation sites (tertiary alicyclic amines) is 1. The van der Waals surface area contributed by atoms with Gasteiger partial charge in [-0.15, -0.1) is 11.3 Å². The van der Waals surface area contributed by atoms with Gasteiger partial charge >= 0.3 is 0 Å². The highest BCUT2D eigenvalue weighted by Crippen LogP contribution is 2.42. The van der Waals surface area contributed by atoms with Gasteiger partial charge in [0.25, 0.3) is 0 Å². The Labute approximate surface area is 289 Å². The third kappa shape index (κ3) is 8.16. The number of thiophene rings is 1. The summed E-state index contributed by atoms with van der Waals surface area (Å²) in [6.45, 7) is 5.39. The van der Waals surface area contributed by atoms with Crippen LogP contribution < -0.4 is 18.9 Å². The first-order chi connectivity index (χ1) is 23.7. The summed E-state index contributed by atoms with van der Waals surface area (Å²) in [6, 6.07) is 31.9. The molecule has 48 heavy (non-hydrogen) atoms. The fourth-order valence-corrected chi connectivity index (χ4v) is 8.41. The molecule has 0 spiro atoms. The summed E-state index contributed by atoms with van der Waals surface area (Å²) in [6.07, 6.45) is 9.91. The summed E-state index contributed by atoms with van der Waals surface area (Å²) in [5.41, 5.74) is 4.86. The predicted octanol–water partition coefficient (Wildman–Crippen LogP) is 10.2. The Morgan fingerprint density at radius 3 is 2.29 bits per heavy atom. The number of rotatable bonds is 15. The van der Waals surface area contributed by atoms with Gasteiger partial charge in [0.05, 0.1) is 13.7 Å². The van der Waals surface area contributed by atoms with E-state index in [-0.39, 0.29) is 0 Å². The average molecular weight is 662 g/mol. The second kappa shape index (κ2) is 15.9. The summed E-state index contributed by atoms with van der Waals surface area (Å²) in [4.78, 5) is 3.75.